The van der Waals surface area contributed by atoms with Crippen LogP contribution in [0.2, 0.25) is 0 Å². The molecule has 2 aliphatic carbocycles. The Morgan fingerprint density at radius 1 is 1.14 bits per heavy atom. The van der Waals surface area contributed by atoms with E-state index in [-0.39, 0.29) is 22.9 Å². The van der Waals surface area contributed by atoms with E-state index in [0.717, 1.165) is 56.5 Å². The molecule has 2 aliphatic rings. The topological polar surface area (TPSA) is 67.8 Å². The van der Waals surface area contributed by atoms with Crippen molar-refractivity contribution >= 4 is 18.1 Å². The van der Waals surface area contributed by atoms with Crippen molar-refractivity contribution in [3.05, 3.63) is 70.3 Å². The molecule has 0 radical (unpaired) electrons. The molecule has 0 aromatic heterocycles. The van der Waals surface area contributed by atoms with Gasteiger partial charge in [0, 0.05) is 11.6 Å². The lowest BCUT2D eigenvalue weighted by Gasteiger charge is -2.54. The molecule has 0 spiro atoms. The molecule has 1 N–H and O–H groups in total. The molecule has 0 aliphatic heterocycles. The van der Waals surface area contributed by atoms with Crippen molar-refractivity contribution in [2.24, 2.45) is 16.4 Å². The van der Waals surface area contributed by atoms with Crippen molar-refractivity contribution in [3.8, 4) is 0 Å². The molecule has 2 aromatic carbocycles. The summed E-state index contributed by atoms with van der Waals surface area (Å²) in [6.45, 7) is 8.17. The molecule has 0 saturated heterocycles. The van der Waals surface area contributed by atoms with Crippen LogP contribution < -0.4 is 5.43 Å². The van der Waals surface area contributed by atoms with Crippen LogP contribution in [-0.2, 0) is 26.2 Å². The summed E-state index contributed by atoms with van der Waals surface area (Å²) in [7, 11) is 0. The minimum atomic E-state index is -0.741. The Balaban J connectivity index is 1.41. The van der Waals surface area contributed by atoms with Crippen molar-refractivity contribution in [2.75, 3.05) is 6.61 Å². The van der Waals surface area contributed by atoms with Gasteiger partial charge in [-0.2, -0.15) is 5.10 Å². The Kier molecular flexibility index (Phi) is 7.30. The van der Waals surface area contributed by atoms with Gasteiger partial charge in [-0.1, -0.05) is 45.4 Å². The minimum Gasteiger partial charge on any atom is -0.455 e. The second kappa shape index (κ2) is 10.1. The molecule has 7 heteroatoms. The molecule has 2 aromatic rings. The molecule has 4 rings (SSSR count). The summed E-state index contributed by atoms with van der Waals surface area (Å²) in [5.74, 6) is -1.88. The number of carbonyl (C=O) groups is 2. The van der Waals surface area contributed by atoms with Gasteiger partial charge in [-0.05, 0) is 78.7 Å². The predicted octanol–water partition coefficient (Wildman–Crippen LogP) is 5.79. The van der Waals surface area contributed by atoms with E-state index in [2.05, 4.69) is 49.5 Å². The third kappa shape index (κ3) is 5.06. The molecule has 1 fully saturated rings. The van der Waals surface area contributed by atoms with Gasteiger partial charge in [0.2, 0.25) is 0 Å². The summed E-state index contributed by atoms with van der Waals surface area (Å²) in [4.78, 5) is 25.5. The summed E-state index contributed by atoms with van der Waals surface area (Å²) < 4.78 is 32.0. The molecule has 0 heterocycles. The lowest BCUT2D eigenvalue weighted by molar-refractivity contribution is -0.166. The molecular formula is C29H34F2N2O3. The highest BCUT2D eigenvalue weighted by atomic mass is 19.1. The second-order valence-corrected chi connectivity index (χ2v) is 10.9. The number of amides is 1. The van der Waals surface area contributed by atoms with E-state index in [0.29, 0.717) is 5.92 Å². The average Bonchev–Trinajstić information content (AvgIpc) is 2.81. The maximum Gasteiger partial charge on any atom is 0.312 e. The smallest absolute Gasteiger partial charge is 0.312 e. The largest absolute Gasteiger partial charge is 0.455 e. The number of esters is 1. The Hall–Kier alpha value is -3.09. The third-order valence-corrected chi connectivity index (χ3v) is 8.13. The average molecular weight is 497 g/mol. The number of aryl methyl sites for hydroxylation is 1. The molecule has 5 nitrogen and oxygen atoms in total. The summed E-state index contributed by atoms with van der Waals surface area (Å²) >= 11 is 0. The van der Waals surface area contributed by atoms with Crippen LogP contribution in [0.4, 0.5) is 8.78 Å². The van der Waals surface area contributed by atoms with Crippen molar-refractivity contribution in [1.82, 2.24) is 5.43 Å². The quantitative estimate of drug-likeness (QED) is 0.313. The van der Waals surface area contributed by atoms with Crippen LogP contribution in [0.3, 0.4) is 0 Å². The first-order valence-electron chi connectivity index (χ1n) is 12.6. The van der Waals surface area contributed by atoms with Crippen molar-refractivity contribution in [1.29, 1.82) is 0 Å². The zero-order valence-electron chi connectivity index (χ0n) is 21.4. The van der Waals surface area contributed by atoms with Crippen LogP contribution >= 0.6 is 0 Å². The van der Waals surface area contributed by atoms with Crippen LogP contribution in [0, 0.1) is 23.0 Å². The molecule has 0 bridgehead atoms. The normalized spacial score (nSPS) is 25.4. The molecule has 1 saturated carbocycles. The lowest BCUT2D eigenvalue weighted by atomic mass is 9.49. The number of hydrogen-bond donors (Lipinski definition) is 1. The van der Waals surface area contributed by atoms with Gasteiger partial charge in [0.15, 0.2) is 6.61 Å². The maximum atomic E-state index is 13.3. The zero-order valence-corrected chi connectivity index (χ0v) is 21.4. The number of rotatable bonds is 6. The van der Waals surface area contributed by atoms with E-state index in [4.69, 9.17) is 4.74 Å². The summed E-state index contributed by atoms with van der Waals surface area (Å²) in [5.41, 5.74) is 5.65. The minimum absolute atomic E-state index is 0.118. The molecule has 1 amide bonds. The lowest BCUT2D eigenvalue weighted by Crippen LogP contribution is -2.53. The van der Waals surface area contributed by atoms with Crippen LogP contribution in [0.1, 0.15) is 81.5 Å². The SMILES string of the molecule is CC(C)c1ccc2c(c1)CC[C@H]1[C@](C)(C(=O)OCC(=O)N/N=C/c3cc(F)cc(F)c3)CCC[C@]21C. The van der Waals surface area contributed by atoms with Gasteiger partial charge in [-0.25, -0.2) is 14.2 Å². The van der Waals surface area contributed by atoms with Gasteiger partial charge in [-0.3, -0.25) is 9.59 Å². The van der Waals surface area contributed by atoms with Crippen molar-refractivity contribution < 1.29 is 23.1 Å². The van der Waals surface area contributed by atoms with Crippen LogP contribution in [0.5, 0.6) is 0 Å². The van der Waals surface area contributed by atoms with Gasteiger partial charge in [0.25, 0.3) is 5.91 Å². The Bertz CT molecular complexity index is 1170. The van der Waals surface area contributed by atoms with Gasteiger partial charge in [0.05, 0.1) is 11.6 Å². The number of hydrogen-bond acceptors (Lipinski definition) is 4. The Labute approximate surface area is 211 Å². The standard InChI is InChI=1S/C29H34F2N2O3/c1-18(2)20-6-8-24-21(14-20)7-9-25-28(24,3)10-5-11-29(25,4)27(35)36-17-26(34)33-32-16-19-12-22(30)15-23(31)13-19/h6,8,12-16,18,25H,5,7,9-11,17H2,1-4H3,(H,33,34)/b32-16+/t25-,28-,29-/m1/s1. The highest BCUT2D eigenvalue weighted by Gasteiger charge is 2.55. The number of carbonyl (C=O) groups excluding carboxylic acids is 2. The van der Waals surface area contributed by atoms with Gasteiger partial charge in [-0.15, -0.1) is 0 Å². The summed E-state index contributed by atoms with van der Waals surface area (Å²) in [6, 6.07) is 9.72. The molecular weight excluding hydrogens is 462 g/mol. The van der Waals surface area contributed by atoms with E-state index in [1.54, 1.807) is 0 Å². The van der Waals surface area contributed by atoms with E-state index in [9.17, 15) is 18.4 Å². The van der Waals surface area contributed by atoms with Gasteiger partial charge in [0.1, 0.15) is 11.6 Å². The highest BCUT2D eigenvalue weighted by molar-refractivity contribution is 5.85. The van der Waals surface area contributed by atoms with Gasteiger partial charge >= 0.3 is 5.97 Å². The number of ether oxygens (including phenoxy) is 1. The number of halogens is 2. The predicted molar refractivity (Wildman–Crippen MR) is 135 cm³/mol. The second-order valence-electron chi connectivity index (χ2n) is 10.9. The Morgan fingerprint density at radius 3 is 2.56 bits per heavy atom. The van der Waals surface area contributed by atoms with Crippen LogP contribution in [0.25, 0.3) is 0 Å². The first kappa shape index (κ1) is 26.0. The molecule has 0 unspecified atom stereocenters. The maximum absolute atomic E-state index is 13.3. The van der Waals surface area contributed by atoms with E-state index in [1.165, 1.54) is 16.7 Å². The highest BCUT2D eigenvalue weighted by Crippen LogP contribution is 2.57. The first-order chi connectivity index (χ1) is 17.0. The van der Waals surface area contributed by atoms with Crippen molar-refractivity contribution in [3.63, 3.8) is 0 Å². The summed E-state index contributed by atoms with van der Waals surface area (Å²) in [5, 5.41) is 3.70. The molecule has 192 valence electrons. The third-order valence-electron chi connectivity index (χ3n) is 8.13. The number of benzene rings is 2. The Morgan fingerprint density at radius 2 is 1.86 bits per heavy atom. The molecule has 36 heavy (non-hydrogen) atoms. The first-order valence-corrected chi connectivity index (χ1v) is 12.6. The van der Waals surface area contributed by atoms with Gasteiger partial charge < -0.3 is 4.74 Å². The fourth-order valence-corrected chi connectivity index (χ4v) is 6.27. The van der Waals surface area contributed by atoms with Crippen LogP contribution in [-0.4, -0.2) is 24.7 Å². The fraction of sp³-hybridized carbons (Fsp3) is 0.483. The number of fused-ring (bicyclic) bond motifs is 3. The van der Waals surface area contributed by atoms with Crippen molar-refractivity contribution in [2.45, 2.75) is 71.1 Å². The zero-order chi connectivity index (χ0) is 26.1. The van der Waals surface area contributed by atoms with E-state index < -0.39 is 29.6 Å². The number of nitrogens with zero attached hydrogens (tertiary/aromatic N) is 1. The van der Waals surface area contributed by atoms with Crippen LogP contribution in [0.15, 0.2) is 41.5 Å². The van der Waals surface area contributed by atoms with E-state index >= 15 is 0 Å². The molecule has 3 atom stereocenters. The number of nitrogens with one attached hydrogen (secondary N) is 1. The summed E-state index contributed by atoms with van der Waals surface area (Å²) in [6.07, 6.45) is 5.60. The number of hydrazone groups is 1. The fourth-order valence-electron chi connectivity index (χ4n) is 6.27. The van der Waals surface area contributed by atoms with E-state index in [1.807, 2.05) is 6.92 Å². The monoisotopic (exact) mass is 496 g/mol.